The molecule has 0 spiro atoms. The normalized spacial score (nSPS) is 10.7. The highest BCUT2D eigenvalue weighted by Crippen LogP contribution is 2.10. The molecule has 1 aromatic heterocycles. The molecule has 0 unspecified atom stereocenters. The number of hydrogen-bond acceptors (Lipinski definition) is 4. The van der Waals surface area contributed by atoms with Gasteiger partial charge in [0.05, 0.1) is 10.9 Å². The third kappa shape index (κ3) is 3.64. The largest absolute Gasteiger partial charge is 0.366 e. The van der Waals surface area contributed by atoms with Crippen LogP contribution in [0.2, 0.25) is 0 Å². The highest BCUT2D eigenvalue weighted by Gasteiger charge is 2.11. The second-order valence-corrected chi connectivity index (χ2v) is 5.99. The number of hydrogen-bond donors (Lipinski definition) is 3. The molecule has 3 aromatic rings. The third-order valence-electron chi connectivity index (χ3n) is 4.22. The maximum absolute atomic E-state index is 12.4. The smallest absolute Gasteiger partial charge is 0.328 e. The molecule has 0 atom stereocenters. The number of primary amides is 1. The standard InChI is InChI=1S/C19H18N4O4/c1-2-23-18(26)14-7-6-13(9-15(14)22-19(23)27)17(25)21-10-11-4-3-5-12(8-11)16(20)24/h3-9H,2,10H2,1H3,(H2,20,24)(H,21,25)(H,22,27). The first kappa shape index (κ1) is 18.1. The van der Waals surface area contributed by atoms with Gasteiger partial charge in [0, 0.05) is 24.2 Å². The second-order valence-electron chi connectivity index (χ2n) is 5.99. The molecule has 0 aliphatic rings. The van der Waals surface area contributed by atoms with E-state index >= 15 is 0 Å². The van der Waals surface area contributed by atoms with Crippen molar-refractivity contribution in [3.8, 4) is 0 Å². The Morgan fingerprint density at radius 2 is 1.89 bits per heavy atom. The molecule has 0 fully saturated rings. The summed E-state index contributed by atoms with van der Waals surface area (Å²) in [5.74, 6) is -0.915. The molecule has 2 aromatic carbocycles. The van der Waals surface area contributed by atoms with Gasteiger partial charge in [-0.3, -0.25) is 19.0 Å². The molecular weight excluding hydrogens is 348 g/mol. The Kier molecular flexibility index (Phi) is 4.89. The van der Waals surface area contributed by atoms with Crippen molar-refractivity contribution in [2.24, 2.45) is 5.73 Å². The molecule has 27 heavy (non-hydrogen) atoms. The Labute approximate surface area is 153 Å². The van der Waals surface area contributed by atoms with Crippen LogP contribution in [0.4, 0.5) is 0 Å². The van der Waals surface area contributed by atoms with Crippen molar-refractivity contribution in [3.63, 3.8) is 0 Å². The van der Waals surface area contributed by atoms with Crippen LogP contribution < -0.4 is 22.3 Å². The van der Waals surface area contributed by atoms with E-state index in [1.165, 1.54) is 18.2 Å². The topological polar surface area (TPSA) is 127 Å². The molecule has 0 aliphatic carbocycles. The van der Waals surface area contributed by atoms with Gasteiger partial charge in [-0.1, -0.05) is 12.1 Å². The number of carbonyl (C=O) groups is 2. The minimum atomic E-state index is -0.542. The van der Waals surface area contributed by atoms with Gasteiger partial charge in [0.1, 0.15) is 0 Å². The Morgan fingerprint density at radius 1 is 1.11 bits per heavy atom. The van der Waals surface area contributed by atoms with Gasteiger partial charge >= 0.3 is 5.69 Å². The number of carbonyl (C=O) groups excluding carboxylic acids is 2. The average Bonchev–Trinajstić information content (AvgIpc) is 2.66. The summed E-state index contributed by atoms with van der Waals surface area (Å²) in [7, 11) is 0. The van der Waals surface area contributed by atoms with E-state index < -0.39 is 17.2 Å². The van der Waals surface area contributed by atoms with Crippen LogP contribution in [-0.2, 0) is 13.1 Å². The summed E-state index contributed by atoms with van der Waals surface area (Å²) in [4.78, 5) is 50.4. The zero-order valence-electron chi connectivity index (χ0n) is 14.6. The summed E-state index contributed by atoms with van der Waals surface area (Å²) in [6.45, 7) is 2.17. The van der Waals surface area contributed by atoms with Crippen molar-refractivity contribution < 1.29 is 9.59 Å². The van der Waals surface area contributed by atoms with Crippen molar-refractivity contribution in [2.75, 3.05) is 0 Å². The molecule has 0 bridgehead atoms. The Bertz CT molecular complexity index is 1160. The minimum absolute atomic E-state index is 0.200. The average molecular weight is 366 g/mol. The van der Waals surface area contributed by atoms with Gasteiger partial charge in [-0.25, -0.2) is 4.79 Å². The molecule has 0 saturated carbocycles. The number of nitrogens with one attached hydrogen (secondary N) is 2. The number of rotatable bonds is 5. The van der Waals surface area contributed by atoms with E-state index in [4.69, 9.17) is 5.73 Å². The number of nitrogens with two attached hydrogens (primary N) is 1. The van der Waals surface area contributed by atoms with Crippen LogP contribution in [0.25, 0.3) is 10.9 Å². The van der Waals surface area contributed by atoms with E-state index in [0.29, 0.717) is 22.0 Å². The fraction of sp³-hybridized carbons (Fsp3) is 0.158. The molecular formula is C19H18N4O4. The summed E-state index contributed by atoms with van der Waals surface area (Å²) in [5, 5.41) is 3.07. The van der Waals surface area contributed by atoms with Crippen molar-refractivity contribution in [1.29, 1.82) is 0 Å². The van der Waals surface area contributed by atoms with Crippen LogP contribution in [0.1, 0.15) is 33.2 Å². The molecule has 2 amide bonds. The summed E-state index contributed by atoms with van der Waals surface area (Å²) in [5.41, 5.74) is 6.02. The summed E-state index contributed by atoms with van der Waals surface area (Å²) < 4.78 is 1.09. The zero-order chi connectivity index (χ0) is 19.6. The lowest BCUT2D eigenvalue weighted by Crippen LogP contribution is -2.34. The monoisotopic (exact) mass is 366 g/mol. The molecule has 8 nitrogen and oxygen atoms in total. The van der Waals surface area contributed by atoms with Crippen LogP contribution in [0, 0.1) is 0 Å². The molecule has 8 heteroatoms. The first-order valence-corrected chi connectivity index (χ1v) is 8.34. The van der Waals surface area contributed by atoms with Crippen molar-refractivity contribution in [1.82, 2.24) is 14.9 Å². The fourth-order valence-corrected chi connectivity index (χ4v) is 2.80. The molecule has 1 heterocycles. The lowest BCUT2D eigenvalue weighted by Gasteiger charge is -2.08. The van der Waals surface area contributed by atoms with Crippen molar-refractivity contribution in [3.05, 3.63) is 80.0 Å². The van der Waals surface area contributed by atoms with Gasteiger partial charge in [-0.2, -0.15) is 0 Å². The minimum Gasteiger partial charge on any atom is -0.366 e. The summed E-state index contributed by atoms with van der Waals surface area (Å²) in [6.07, 6.45) is 0. The number of aromatic amines is 1. The SMILES string of the molecule is CCn1c(=O)[nH]c2cc(C(=O)NCc3cccc(C(N)=O)c3)ccc2c1=O. The van der Waals surface area contributed by atoms with Gasteiger partial charge in [0.15, 0.2) is 0 Å². The van der Waals surface area contributed by atoms with E-state index in [1.54, 1.807) is 31.2 Å². The van der Waals surface area contributed by atoms with Crippen molar-refractivity contribution in [2.45, 2.75) is 20.0 Å². The van der Waals surface area contributed by atoms with Gasteiger partial charge in [0.2, 0.25) is 5.91 Å². The Morgan fingerprint density at radius 3 is 2.59 bits per heavy atom. The number of nitrogens with zero attached hydrogens (tertiary/aromatic N) is 1. The van der Waals surface area contributed by atoms with Crippen LogP contribution in [-0.4, -0.2) is 21.4 Å². The van der Waals surface area contributed by atoms with Crippen LogP contribution in [0.3, 0.4) is 0 Å². The number of benzene rings is 2. The number of aromatic nitrogens is 2. The van der Waals surface area contributed by atoms with Crippen molar-refractivity contribution >= 4 is 22.7 Å². The first-order chi connectivity index (χ1) is 12.9. The lowest BCUT2D eigenvalue weighted by molar-refractivity contribution is 0.0950. The van der Waals surface area contributed by atoms with E-state index in [1.807, 2.05) is 0 Å². The second kappa shape index (κ2) is 7.28. The summed E-state index contributed by atoms with van der Waals surface area (Å²) in [6, 6.07) is 11.1. The first-order valence-electron chi connectivity index (χ1n) is 8.34. The van der Waals surface area contributed by atoms with Crippen LogP contribution >= 0.6 is 0 Å². The molecule has 0 radical (unpaired) electrons. The summed E-state index contributed by atoms with van der Waals surface area (Å²) >= 11 is 0. The predicted octanol–water partition coefficient (Wildman–Crippen LogP) is 0.739. The molecule has 0 saturated heterocycles. The maximum Gasteiger partial charge on any atom is 0.328 e. The van der Waals surface area contributed by atoms with Crippen LogP contribution in [0.5, 0.6) is 0 Å². The third-order valence-corrected chi connectivity index (χ3v) is 4.22. The quantitative estimate of drug-likeness (QED) is 0.615. The molecule has 3 rings (SSSR count). The van der Waals surface area contributed by atoms with Gasteiger partial charge in [-0.05, 0) is 42.8 Å². The highest BCUT2D eigenvalue weighted by atomic mass is 16.2. The Balaban J connectivity index is 1.84. The predicted molar refractivity (Wildman–Crippen MR) is 101 cm³/mol. The van der Waals surface area contributed by atoms with Gasteiger partial charge in [-0.15, -0.1) is 0 Å². The Hall–Kier alpha value is -3.68. The number of fused-ring (bicyclic) bond motifs is 1. The maximum atomic E-state index is 12.4. The van der Waals surface area contributed by atoms with E-state index in [2.05, 4.69) is 10.3 Å². The number of H-pyrrole nitrogens is 1. The van der Waals surface area contributed by atoms with Gasteiger partial charge < -0.3 is 16.0 Å². The van der Waals surface area contributed by atoms with E-state index in [0.717, 1.165) is 10.1 Å². The van der Waals surface area contributed by atoms with E-state index in [9.17, 15) is 19.2 Å². The molecule has 4 N–H and O–H groups in total. The fourth-order valence-electron chi connectivity index (χ4n) is 2.80. The van der Waals surface area contributed by atoms with Crippen LogP contribution in [0.15, 0.2) is 52.1 Å². The number of amides is 2. The lowest BCUT2D eigenvalue weighted by atomic mass is 10.1. The van der Waals surface area contributed by atoms with E-state index in [-0.39, 0.29) is 19.0 Å². The molecule has 138 valence electrons. The van der Waals surface area contributed by atoms with Gasteiger partial charge in [0.25, 0.3) is 11.5 Å². The highest BCUT2D eigenvalue weighted by molar-refractivity contribution is 5.97. The zero-order valence-corrected chi connectivity index (χ0v) is 14.6. The molecule has 0 aliphatic heterocycles.